The first-order valence-corrected chi connectivity index (χ1v) is 8.38. The lowest BCUT2D eigenvalue weighted by molar-refractivity contribution is -0.131. The van der Waals surface area contributed by atoms with Crippen molar-refractivity contribution in [2.45, 2.75) is 6.54 Å². The molecule has 1 aromatic carbocycles. The number of hydrogen-bond donors (Lipinski definition) is 0. The molecule has 0 unspecified atom stereocenters. The molecule has 0 N–H and O–H groups in total. The molecule has 5 heteroatoms. The van der Waals surface area contributed by atoms with Crippen LogP contribution in [0.15, 0.2) is 54.7 Å². The Balaban J connectivity index is 1.46. The molecule has 2 heterocycles. The molecule has 3 rings (SSSR count). The van der Waals surface area contributed by atoms with Gasteiger partial charge in [0.25, 0.3) is 0 Å². The fourth-order valence-electron chi connectivity index (χ4n) is 2.93. The van der Waals surface area contributed by atoms with Gasteiger partial charge in [0.05, 0.1) is 6.54 Å². The van der Waals surface area contributed by atoms with Gasteiger partial charge < -0.3 is 9.80 Å². The van der Waals surface area contributed by atoms with Gasteiger partial charge in [-0.25, -0.2) is 4.98 Å². The molecule has 1 amide bonds. The van der Waals surface area contributed by atoms with E-state index in [-0.39, 0.29) is 5.91 Å². The van der Waals surface area contributed by atoms with E-state index in [4.69, 9.17) is 0 Å². The minimum atomic E-state index is 0.171. The Bertz CT molecular complexity index is 639. The van der Waals surface area contributed by atoms with Crippen LogP contribution in [0.4, 0.5) is 5.82 Å². The highest BCUT2D eigenvalue weighted by atomic mass is 16.2. The summed E-state index contributed by atoms with van der Waals surface area (Å²) in [6, 6.07) is 16.1. The van der Waals surface area contributed by atoms with Gasteiger partial charge in [0, 0.05) is 46.0 Å². The molecule has 0 bridgehead atoms. The average molecular weight is 324 g/mol. The summed E-state index contributed by atoms with van der Waals surface area (Å²) in [5.74, 6) is 1.19. The summed E-state index contributed by atoms with van der Waals surface area (Å²) in [4.78, 5) is 23.1. The zero-order valence-electron chi connectivity index (χ0n) is 14.1. The van der Waals surface area contributed by atoms with Crippen LogP contribution in [-0.2, 0) is 11.3 Å². The summed E-state index contributed by atoms with van der Waals surface area (Å²) < 4.78 is 0. The summed E-state index contributed by atoms with van der Waals surface area (Å²) in [5.41, 5.74) is 1.16. The summed E-state index contributed by atoms with van der Waals surface area (Å²) in [7, 11) is 1.87. The van der Waals surface area contributed by atoms with Gasteiger partial charge in [-0.05, 0) is 17.7 Å². The van der Waals surface area contributed by atoms with Crippen LogP contribution in [0.3, 0.4) is 0 Å². The lowest BCUT2D eigenvalue weighted by atomic mass is 10.2. The maximum absolute atomic E-state index is 12.4. The first-order valence-electron chi connectivity index (χ1n) is 8.38. The minimum absolute atomic E-state index is 0.171. The molecule has 0 saturated carbocycles. The van der Waals surface area contributed by atoms with Crippen LogP contribution >= 0.6 is 0 Å². The van der Waals surface area contributed by atoms with E-state index in [1.807, 2.05) is 49.6 Å². The molecule has 0 atom stereocenters. The lowest BCUT2D eigenvalue weighted by Gasteiger charge is -2.35. The van der Waals surface area contributed by atoms with Crippen LogP contribution < -0.4 is 4.90 Å². The molecule has 24 heavy (non-hydrogen) atoms. The van der Waals surface area contributed by atoms with Crippen molar-refractivity contribution in [3.63, 3.8) is 0 Å². The highest BCUT2D eigenvalue weighted by molar-refractivity contribution is 5.78. The molecular formula is C19H24N4O. The van der Waals surface area contributed by atoms with Crippen molar-refractivity contribution < 1.29 is 4.79 Å². The third kappa shape index (κ3) is 4.32. The Kier molecular flexibility index (Phi) is 5.43. The number of likely N-dealkylation sites (N-methyl/N-ethyl adjacent to an activating group) is 1. The van der Waals surface area contributed by atoms with Crippen molar-refractivity contribution in [3.8, 4) is 0 Å². The standard InChI is InChI=1S/C19H24N4O/c1-21(15-17-7-3-2-4-8-17)19(24)16-22-11-13-23(14-12-22)18-9-5-6-10-20-18/h2-10H,11-16H2,1H3. The Labute approximate surface area is 143 Å². The maximum Gasteiger partial charge on any atom is 0.236 e. The molecule has 1 aliphatic heterocycles. The smallest absolute Gasteiger partial charge is 0.236 e. The Morgan fingerprint density at radius 2 is 1.75 bits per heavy atom. The van der Waals surface area contributed by atoms with Crippen molar-refractivity contribution in [3.05, 3.63) is 60.3 Å². The number of carbonyl (C=O) groups is 1. The molecule has 1 aromatic heterocycles. The van der Waals surface area contributed by atoms with Crippen molar-refractivity contribution in [1.29, 1.82) is 0 Å². The van der Waals surface area contributed by atoms with E-state index in [1.54, 1.807) is 4.90 Å². The zero-order valence-corrected chi connectivity index (χ0v) is 14.1. The average Bonchev–Trinajstić information content (AvgIpc) is 2.64. The molecule has 0 aliphatic carbocycles. The van der Waals surface area contributed by atoms with E-state index in [1.165, 1.54) is 0 Å². The third-order valence-corrected chi connectivity index (χ3v) is 4.39. The third-order valence-electron chi connectivity index (χ3n) is 4.39. The fourth-order valence-corrected chi connectivity index (χ4v) is 2.93. The van der Waals surface area contributed by atoms with E-state index >= 15 is 0 Å². The number of aromatic nitrogens is 1. The van der Waals surface area contributed by atoms with Crippen LogP contribution in [0.5, 0.6) is 0 Å². The number of rotatable bonds is 5. The first kappa shape index (κ1) is 16.5. The van der Waals surface area contributed by atoms with Crippen molar-refractivity contribution in [2.24, 2.45) is 0 Å². The van der Waals surface area contributed by atoms with Crippen LogP contribution in [0.2, 0.25) is 0 Å². The zero-order chi connectivity index (χ0) is 16.8. The van der Waals surface area contributed by atoms with Gasteiger partial charge in [-0.1, -0.05) is 36.4 Å². The number of piperazine rings is 1. The number of amides is 1. The fraction of sp³-hybridized carbons (Fsp3) is 0.368. The number of carbonyl (C=O) groups excluding carboxylic acids is 1. The maximum atomic E-state index is 12.4. The van der Waals surface area contributed by atoms with E-state index < -0.39 is 0 Å². The Morgan fingerprint density at radius 1 is 1.04 bits per heavy atom. The number of nitrogens with zero attached hydrogens (tertiary/aromatic N) is 4. The van der Waals surface area contributed by atoms with E-state index in [2.05, 4.69) is 26.9 Å². The van der Waals surface area contributed by atoms with Crippen molar-refractivity contribution >= 4 is 11.7 Å². The number of hydrogen-bond acceptors (Lipinski definition) is 4. The summed E-state index contributed by atoms with van der Waals surface area (Å²) in [6.45, 7) is 4.75. The molecule has 1 saturated heterocycles. The normalized spacial score (nSPS) is 15.3. The lowest BCUT2D eigenvalue weighted by Crippen LogP contribution is -2.49. The molecule has 0 spiro atoms. The monoisotopic (exact) mass is 324 g/mol. The van der Waals surface area contributed by atoms with Gasteiger partial charge in [0.15, 0.2) is 0 Å². The minimum Gasteiger partial charge on any atom is -0.354 e. The first-order chi connectivity index (χ1) is 11.7. The molecule has 1 aliphatic rings. The van der Waals surface area contributed by atoms with Crippen LogP contribution in [0.1, 0.15) is 5.56 Å². The summed E-state index contributed by atoms with van der Waals surface area (Å²) >= 11 is 0. The number of pyridine rings is 1. The number of anilines is 1. The van der Waals surface area contributed by atoms with Crippen molar-refractivity contribution in [2.75, 3.05) is 44.7 Å². The van der Waals surface area contributed by atoms with E-state index in [0.29, 0.717) is 13.1 Å². The predicted octanol–water partition coefficient (Wildman–Crippen LogP) is 1.86. The van der Waals surface area contributed by atoms with Gasteiger partial charge in [-0.15, -0.1) is 0 Å². The van der Waals surface area contributed by atoms with Gasteiger partial charge in [-0.2, -0.15) is 0 Å². The molecule has 0 radical (unpaired) electrons. The summed E-state index contributed by atoms with van der Waals surface area (Å²) in [5, 5.41) is 0. The second-order valence-corrected chi connectivity index (χ2v) is 6.19. The van der Waals surface area contributed by atoms with Crippen LogP contribution in [0, 0.1) is 0 Å². The van der Waals surface area contributed by atoms with Gasteiger partial charge >= 0.3 is 0 Å². The van der Waals surface area contributed by atoms with Crippen LogP contribution in [0.25, 0.3) is 0 Å². The molecule has 126 valence electrons. The highest BCUT2D eigenvalue weighted by Gasteiger charge is 2.21. The summed E-state index contributed by atoms with van der Waals surface area (Å²) in [6.07, 6.45) is 1.82. The highest BCUT2D eigenvalue weighted by Crippen LogP contribution is 2.12. The Morgan fingerprint density at radius 3 is 2.42 bits per heavy atom. The van der Waals surface area contributed by atoms with Crippen LogP contribution in [-0.4, -0.2) is 60.5 Å². The van der Waals surface area contributed by atoms with Crippen molar-refractivity contribution in [1.82, 2.24) is 14.8 Å². The van der Waals surface area contributed by atoms with Gasteiger partial charge in [0.1, 0.15) is 5.82 Å². The molecule has 5 nitrogen and oxygen atoms in total. The van der Waals surface area contributed by atoms with Gasteiger partial charge in [-0.3, -0.25) is 9.69 Å². The van der Waals surface area contributed by atoms with Gasteiger partial charge in [0.2, 0.25) is 5.91 Å². The van der Waals surface area contributed by atoms with E-state index in [0.717, 1.165) is 37.6 Å². The SMILES string of the molecule is CN(Cc1ccccc1)C(=O)CN1CCN(c2ccccn2)CC1. The van der Waals surface area contributed by atoms with E-state index in [9.17, 15) is 4.79 Å². The largest absolute Gasteiger partial charge is 0.354 e. The Hall–Kier alpha value is -2.40. The topological polar surface area (TPSA) is 39.7 Å². The quantitative estimate of drug-likeness (QED) is 0.842. The number of benzene rings is 1. The second kappa shape index (κ2) is 7.93. The molecular weight excluding hydrogens is 300 g/mol. The second-order valence-electron chi connectivity index (χ2n) is 6.19. The predicted molar refractivity (Wildman–Crippen MR) is 95.8 cm³/mol. The molecule has 1 fully saturated rings. The molecule has 2 aromatic rings.